The van der Waals surface area contributed by atoms with Gasteiger partial charge in [-0.25, -0.2) is 4.39 Å². The Morgan fingerprint density at radius 1 is 1.04 bits per heavy atom. The first kappa shape index (κ1) is 18.2. The van der Waals surface area contributed by atoms with Crippen LogP contribution in [-0.2, 0) is 0 Å². The molecule has 0 aromatic heterocycles. The lowest BCUT2D eigenvalue weighted by Crippen LogP contribution is -2.25. The van der Waals surface area contributed by atoms with E-state index in [1.54, 1.807) is 44.6 Å². The van der Waals surface area contributed by atoms with Crippen molar-refractivity contribution >= 4 is 0 Å². The molecule has 0 bridgehead atoms. The third kappa shape index (κ3) is 4.69. The van der Waals surface area contributed by atoms with Crippen molar-refractivity contribution in [3.05, 3.63) is 59.4 Å². The lowest BCUT2D eigenvalue weighted by Gasteiger charge is -2.18. The maximum Gasteiger partial charge on any atom is 0.124 e. The van der Waals surface area contributed by atoms with Gasteiger partial charge in [-0.05, 0) is 41.8 Å². The molecule has 0 amide bonds. The van der Waals surface area contributed by atoms with E-state index in [0.717, 1.165) is 5.56 Å². The highest BCUT2D eigenvalue weighted by Gasteiger charge is 2.15. The van der Waals surface area contributed by atoms with E-state index in [2.05, 4.69) is 12.2 Å². The average molecular weight is 333 g/mol. The Kier molecular flexibility index (Phi) is 6.58. The number of benzene rings is 2. The minimum Gasteiger partial charge on any atom is -0.497 e. The molecule has 0 aliphatic carbocycles. The van der Waals surface area contributed by atoms with Crippen molar-refractivity contribution in [2.24, 2.45) is 0 Å². The fourth-order valence-corrected chi connectivity index (χ4v) is 2.56. The van der Waals surface area contributed by atoms with E-state index in [-0.39, 0.29) is 11.7 Å². The molecule has 2 atom stereocenters. The van der Waals surface area contributed by atoms with E-state index in [1.165, 1.54) is 12.1 Å². The van der Waals surface area contributed by atoms with Crippen LogP contribution in [-0.4, -0.2) is 32.4 Å². The molecule has 0 saturated heterocycles. The quantitative estimate of drug-likeness (QED) is 0.778. The Hall–Kier alpha value is -2.11. The van der Waals surface area contributed by atoms with E-state index in [4.69, 9.17) is 9.47 Å². The normalized spacial score (nSPS) is 13.4. The average Bonchev–Trinajstić information content (AvgIpc) is 2.61. The van der Waals surface area contributed by atoms with Crippen LogP contribution in [0.15, 0.2) is 42.5 Å². The number of methoxy groups -OCH3 is 2. The number of hydrogen-bond acceptors (Lipinski definition) is 4. The number of aliphatic hydroxyl groups excluding tert-OH is 1. The molecular formula is C19H24FNO3. The monoisotopic (exact) mass is 333 g/mol. The van der Waals surface area contributed by atoms with Gasteiger partial charge in [-0.15, -0.1) is 0 Å². The van der Waals surface area contributed by atoms with E-state index < -0.39 is 6.10 Å². The smallest absolute Gasteiger partial charge is 0.124 e. The summed E-state index contributed by atoms with van der Waals surface area (Å²) in [6.45, 7) is 3.11. The second kappa shape index (κ2) is 8.66. The topological polar surface area (TPSA) is 50.7 Å². The highest BCUT2D eigenvalue weighted by Crippen LogP contribution is 2.29. The van der Waals surface area contributed by atoms with Gasteiger partial charge >= 0.3 is 0 Å². The van der Waals surface area contributed by atoms with E-state index in [9.17, 15) is 9.50 Å². The molecule has 5 heteroatoms. The third-order valence-electron chi connectivity index (χ3n) is 4.02. The molecule has 2 N–H and O–H groups in total. The highest BCUT2D eigenvalue weighted by molar-refractivity contribution is 5.41. The molecule has 4 nitrogen and oxygen atoms in total. The summed E-state index contributed by atoms with van der Waals surface area (Å²) in [4.78, 5) is 0. The van der Waals surface area contributed by atoms with Crippen LogP contribution >= 0.6 is 0 Å². The van der Waals surface area contributed by atoms with Gasteiger partial charge in [0.05, 0.1) is 20.3 Å². The number of hydrogen-bond donors (Lipinski definition) is 2. The van der Waals surface area contributed by atoms with E-state index >= 15 is 0 Å². The van der Waals surface area contributed by atoms with Gasteiger partial charge in [0.15, 0.2) is 0 Å². The van der Waals surface area contributed by atoms with Gasteiger partial charge in [-0.2, -0.15) is 0 Å². The van der Waals surface area contributed by atoms with E-state index in [0.29, 0.717) is 30.2 Å². The number of rotatable bonds is 8. The molecule has 2 aromatic carbocycles. The molecule has 0 aliphatic rings. The predicted molar refractivity (Wildman–Crippen MR) is 92.2 cm³/mol. The van der Waals surface area contributed by atoms with Gasteiger partial charge in [0.2, 0.25) is 0 Å². The van der Waals surface area contributed by atoms with Crippen molar-refractivity contribution in [1.29, 1.82) is 0 Å². The zero-order chi connectivity index (χ0) is 17.5. The lowest BCUT2D eigenvalue weighted by atomic mass is 10.0. The Morgan fingerprint density at radius 3 is 2.38 bits per heavy atom. The molecule has 2 unspecified atom stereocenters. The Morgan fingerprint density at radius 2 is 1.75 bits per heavy atom. The fourth-order valence-electron chi connectivity index (χ4n) is 2.56. The van der Waals surface area contributed by atoms with Crippen LogP contribution in [0.25, 0.3) is 0 Å². The SMILES string of the molecule is COc1ccc(OC)c(C(O)CNCC(C)c2ccc(F)cc2)c1. The number of nitrogens with one attached hydrogen (secondary N) is 1. The van der Waals surface area contributed by atoms with E-state index in [1.807, 2.05) is 0 Å². The molecule has 0 spiro atoms. The summed E-state index contributed by atoms with van der Waals surface area (Å²) in [5, 5.41) is 13.7. The first-order valence-electron chi connectivity index (χ1n) is 7.91. The molecule has 0 saturated carbocycles. The minimum absolute atomic E-state index is 0.213. The summed E-state index contributed by atoms with van der Waals surface area (Å²) < 4.78 is 23.5. The zero-order valence-corrected chi connectivity index (χ0v) is 14.3. The Labute approximate surface area is 142 Å². The molecule has 2 rings (SSSR count). The molecule has 24 heavy (non-hydrogen) atoms. The minimum atomic E-state index is -0.713. The third-order valence-corrected chi connectivity index (χ3v) is 4.02. The molecule has 0 aliphatic heterocycles. The van der Waals surface area contributed by atoms with Crippen LogP contribution in [0.1, 0.15) is 30.1 Å². The van der Waals surface area contributed by atoms with Crippen LogP contribution < -0.4 is 14.8 Å². The molecule has 2 aromatic rings. The molecular weight excluding hydrogens is 309 g/mol. The van der Waals surface area contributed by atoms with Gasteiger partial charge in [-0.1, -0.05) is 19.1 Å². The summed E-state index contributed by atoms with van der Waals surface area (Å²) in [5.74, 6) is 1.27. The fraction of sp³-hybridized carbons (Fsp3) is 0.368. The highest BCUT2D eigenvalue weighted by atomic mass is 19.1. The summed E-state index contributed by atoms with van der Waals surface area (Å²) in [6.07, 6.45) is -0.713. The standard InChI is InChI=1S/C19H24FNO3/c1-13(14-4-6-15(20)7-5-14)11-21-12-18(22)17-10-16(23-2)8-9-19(17)24-3/h4-10,13,18,21-22H,11-12H2,1-3H3. The molecule has 0 heterocycles. The van der Waals surface area contributed by atoms with Crippen molar-refractivity contribution in [1.82, 2.24) is 5.32 Å². The summed E-state index contributed by atoms with van der Waals surface area (Å²) in [6, 6.07) is 11.8. The zero-order valence-electron chi connectivity index (χ0n) is 14.3. The van der Waals surface area contributed by atoms with Gasteiger partial charge < -0.3 is 19.9 Å². The number of aliphatic hydroxyl groups is 1. The first-order valence-corrected chi connectivity index (χ1v) is 7.91. The van der Waals surface area contributed by atoms with Crippen LogP contribution in [0.5, 0.6) is 11.5 Å². The van der Waals surface area contributed by atoms with Crippen molar-refractivity contribution in [3.8, 4) is 11.5 Å². The number of halogens is 1. The van der Waals surface area contributed by atoms with Crippen LogP contribution in [0, 0.1) is 5.82 Å². The van der Waals surface area contributed by atoms with Crippen LogP contribution in [0.4, 0.5) is 4.39 Å². The van der Waals surface area contributed by atoms with Gasteiger partial charge in [0.25, 0.3) is 0 Å². The lowest BCUT2D eigenvalue weighted by molar-refractivity contribution is 0.169. The van der Waals surface area contributed by atoms with Crippen molar-refractivity contribution in [2.75, 3.05) is 27.3 Å². The van der Waals surface area contributed by atoms with Gasteiger partial charge in [0, 0.05) is 18.7 Å². The van der Waals surface area contributed by atoms with Crippen LogP contribution in [0.2, 0.25) is 0 Å². The number of ether oxygens (including phenoxy) is 2. The second-order valence-electron chi connectivity index (χ2n) is 5.73. The molecule has 0 fully saturated rings. The maximum atomic E-state index is 13.0. The second-order valence-corrected chi connectivity index (χ2v) is 5.73. The molecule has 130 valence electrons. The van der Waals surface area contributed by atoms with Crippen molar-refractivity contribution < 1.29 is 19.0 Å². The Bertz CT molecular complexity index is 646. The van der Waals surface area contributed by atoms with Crippen LogP contribution in [0.3, 0.4) is 0 Å². The predicted octanol–water partition coefficient (Wildman–Crippen LogP) is 3.27. The van der Waals surface area contributed by atoms with Gasteiger partial charge in [0.1, 0.15) is 17.3 Å². The first-order chi connectivity index (χ1) is 11.5. The molecule has 0 radical (unpaired) electrons. The summed E-state index contributed by atoms with van der Waals surface area (Å²) in [7, 11) is 3.16. The van der Waals surface area contributed by atoms with Crippen molar-refractivity contribution in [2.45, 2.75) is 18.9 Å². The summed E-state index contributed by atoms with van der Waals surface area (Å²) >= 11 is 0. The summed E-state index contributed by atoms with van der Waals surface area (Å²) in [5.41, 5.74) is 1.73. The maximum absolute atomic E-state index is 13.0. The van der Waals surface area contributed by atoms with Gasteiger partial charge in [-0.3, -0.25) is 0 Å². The van der Waals surface area contributed by atoms with Crippen molar-refractivity contribution in [3.63, 3.8) is 0 Å². The largest absolute Gasteiger partial charge is 0.497 e. The Balaban J connectivity index is 1.93.